The standard InChI is InChI=1S/C20H18FN3O3S/c1-10-8-13(9-27-3)15-16-17(28-20(15)22-10)19(26)23-18(24(16)11(2)25)12-4-6-14(21)7-5-12/h4-8,18H,9H2,1-3H3,(H,23,26). The quantitative estimate of drug-likeness (QED) is 0.729. The number of carbonyl (C=O) groups is 2. The summed E-state index contributed by atoms with van der Waals surface area (Å²) in [4.78, 5) is 32.7. The molecular formula is C20H18FN3O3S. The zero-order chi connectivity index (χ0) is 20.0. The van der Waals surface area contributed by atoms with Crippen molar-refractivity contribution in [3.8, 4) is 0 Å². The molecule has 8 heteroatoms. The summed E-state index contributed by atoms with van der Waals surface area (Å²) in [6.45, 7) is 3.65. The third-order valence-electron chi connectivity index (χ3n) is 4.64. The van der Waals surface area contributed by atoms with Crippen LogP contribution >= 0.6 is 11.3 Å². The van der Waals surface area contributed by atoms with Crippen LogP contribution in [0.25, 0.3) is 10.2 Å². The Bertz CT molecular complexity index is 1090. The number of carbonyl (C=O) groups excluding carboxylic acids is 2. The fourth-order valence-electron chi connectivity index (χ4n) is 3.55. The van der Waals surface area contributed by atoms with Crippen molar-refractivity contribution in [3.05, 3.63) is 57.8 Å². The summed E-state index contributed by atoms with van der Waals surface area (Å²) in [7, 11) is 1.59. The van der Waals surface area contributed by atoms with Gasteiger partial charge in [-0.25, -0.2) is 9.37 Å². The molecule has 2 aromatic heterocycles. The number of hydrogen-bond donors (Lipinski definition) is 1. The molecule has 6 nitrogen and oxygen atoms in total. The van der Waals surface area contributed by atoms with E-state index >= 15 is 0 Å². The molecular weight excluding hydrogens is 381 g/mol. The third kappa shape index (κ3) is 2.94. The molecule has 0 aliphatic carbocycles. The van der Waals surface area contributed by atoms with E-state index < -0.39 is 6.17 Å². The highest BCUT2D eigenvalue weighted by atomic mass is 32.1. The van der Waals surface area contributed by atoms with Gasteiger partial charge in [0.15, 0.2) is 0 Å². The minimum absolute atomic E-state index is 0.237. The average molecular weight is 399 g/mol. The molecule has 1 unspecified atom stereocenters. The van der Waals surface area contributed by atoms with Crippen LogP contribution in [0.5, 0.6) is 0 Å². The number of nitrogens with zero attached hydrogens (tertiary/aromatic N) is 2. The Morgan fingerprint density at radius 1 is 1.36 bits per heavy atom. The Labute approximate surface area is 164 Å². The van der Waals surface area contributed by atoms with E-state index in [0.29, 0.717) is 27.6 Å². The summed E-state index contributed by atoms with van der Waals surface area (Å²) in [6.07, 6.45) is -0.729. The molecule has 144 valence electrons. The average Bonchev–Trinajstić information content (AvgIpc) is 3.02. The van der Waals surface area contributed by atoms with Gasteiger partial charge in [-0.2, -0.15) is 0 Å². The maximum absolute atomic E-state index is 13.4. The number of anilines is 1. The lowest BCUT2D eigenvalue weighted by Gasteiger charge is -2.36. The smallest absolute Gasteiger partial charge is 0.265 e. The second kappa shape index (κ2) is 6.96. The molecule has 0 radical (unpaired) electrons. The largest absolute Gasteiger partial charge is 0.380 e. The Balaban J connectivity index is 1.98. The number of rotatable bonds is 3. The number of pyridine rings is 1. The van der Waals surface area contributed by atoms with Crippen LogP contribution in [-0.4, -0.2) is 23.9 Å². The van der Waals surface area contributed by atoms with E-state index in [0.717, 1.165) is 16.6 Å². The second-order valence-electron chi connectivity index (χ2n) is 6.63. The van der Waals surface area contributed by atoms with Crippen molar-refractivity contribution >= 4 is 39.1 Å². The minimum atomic E-state index is -0.729. The highest BCUT2D eigenvalue weighted by Gasteiger charge is 2.38. The first kappa shape index (κ1) is 18.5. The highest BCUT2D eigenvalue weighted by Crippen LogP contribution is 2.45. The molecule has 0 fully saturated rings. The molecule has 3 heterocycles. The van der Waals surface area contributed by atoms with Gasteiger partial charge in [0.25, 0.3) is 5.91 Å². The summed E-state index contributed by atoms with van der Waals surface area (Å²) in [5.41, 5.74) is 2.82. The first-order valence-corrected chi connectivity index (χ1v) is 9.50. The zero-order valence-electron chi connectivity index (χ0n) is 15.6. The molecule has 4 rings (SSSR count). The topological polar surface area (TPSA) is 71.5 Å². The molecule has 1 atom stereocenters. The SMILES string of the molecule is COCc1cc(C)nc2sc3c(c12)N(C(C)=O)C(c1ccc(F)cc1)NC3=O. The second-order valence-corrected chi connectivity index (χ2v) is 7.63. The van der Waals surface area contributed by atoms with E-state index in [4.69, 9.17) is 4.74 Å². The van der Waals surface area contributed by atoms with Crippen LogP contribution in [0.1, 0.15) is 39.6 Å². The molecule has 1 N–H and O–H groups in total. The predicted octanol–water partition coefficient (Wildman–Crippen LogP) is 3.69. The summed E-state index contributed by atoms with van der Waals surface area (Å²) in [6, 6.07) is 7.64. The Morgan fingerprint density at radius 3 is 2.71 bits per heavy atom. The number of nitrogens with one attached hydrogen (secondary N) is 1. The van der Waals surface area contributed by atoms with Crippen molar-refractivity contribution in [2.24, 2.45) is 0 Å². The van der Waals surface area contributed by atoms with Crippen molar-refractivity contribution < 1.29 is 18.7 Å². The van der Waals surface area contributed by atoms with Gasteiger partial charge in [0.1, 0.15) is 21.7 Å². The van der Waals surface area contributed by atoms with Crippen molar-refractivity contribution in [1.29, 1.82) is 0 Å². The molecule has 2 amide bonds. The van der Waals surface area contributed by atoms with E-state index in [1.54, 1.807) is 24.1 Å². The van der Waals surface area contributed by atoms with E-state index in [1.165, 1.54) is 30.4 Å². The lowest BCUT2D eigenvalue weighted by molar-refractivity contribution is -0.117. The number of aryl methyl sites for hydroxylation is 1. The van der Waals surface area contributed by atoms with Gasteiger partial charge in [-0.1, -0.05) is 12.1 Å². The van der Waals surface area contributed by atoms with Crippen molar-refractivity contribution in [1.82, 2.24) is 10.3 Å². The Morgan fingerprint density at radius 2 is 2.07 bits per heavy atom. The first-order valence-electron chi connectivity index (χ1n) is 8.68. The number of amides is 2. The van der Waals surface area contributed by atoms with E-state index in [9.17, 15) is 14.0 Å². The van der Waals surface area contributed by atoms with Crippen LogP contribution < -0.4 is 10.2 Å². The van der Waals surface area contributed by atoms with Gasteiger partial charge >= 0.3 is 0 Å². The van der Waals surface area contributed by atoms with Crippen LogP contribution in [0.3, 0.4) is 0 Å². The van der Waals surface area contributed by atoms with Gasteiger partial charge in [0, 0.05) is 25.1 Å². The van der Waals surface area contributed by atoms with E-state index in [2.05, 4.69) is 10.3 Å². The van der Waals surface area contributed by atoms with E-state index in [1.807, 2.05) is 13.0 Å². The molecule has 1 aliphatic rings. The van der Waals surface area contributed by atoms with Crippen LogP contribution in [0.4, 0.5) is 10.1 Å². The summed E-state index contributed by atoms with van der Waals surface area (Å²) >= 11 is 1.25. The van der Waals surface area contributed by atoms with Gasteiger partial charge in [-0.15, -0.1) is 11.3 Å². The molecule has 1 aromatic carbocycles. The number of thiophene rings is 1. The number of fused-ring (bicyclic) bond motifs is 3. The maximum Gasteiger partial charge on any atom is 0.265 e. The van der Waals surface area contributed by atoms with Crippen LogP contribution in [0.15, 0.2) is 30.3 Å². The fraction of sp³-hybridized carbons (Fsp3) is 0.250. The number of benzene rings is 1. The molecule has 1 aliphatic heterocycles. The summed E-state index contributed by atoms with van der Waals surface area (Å²) in [5.74, 6) is -0.908. The third-order valence-corrected chi connectivity index (χ3v) is 5.72. The van der Waals surface area contributed by atoms with Crippen LogP contribution in [0, 0.1) is 12.7 Å². The van der Waals surface area contributed by atoms with Gasteiger partial charge in [0.2, 0.25) is 5.91 Å². The number of halogens is 1. The lowest BCUT2D eigenvalue weighted by Crippen LogP contribution is -2.48. The molecule has 0 spiro atoms. The monoisotopic (exact) mass is 399 g/mol. The molecule has 0 bridgehead atoms. The maximum atomic E-state index is 13.4. The molecule has 0 saturated heterocycles. The predicted molar refractivity (Wildman–Crippen MR) is 105 cm³/mol. The van der Waals surface area contributed by atoms with Gasteiger partial charge < -0.3 is 10.1 Å². The Hall–Kier alpha value is -2.84. The van der Waals surface area contributed by atoms with Crippen LogP contribution in [0.2, 0.25) is 0 Å². The first-order chi connectivity index (χ1) is 13.4. The lowest BCUT2D eigenvalue weighted by atomic mass is 10.0. The van der Waals surface area contributed by atoms with Crippen molar-refractivity contribution in [3.63, 3.8) is 0 Å². The van der Waals surface area contributed by atoms with Crippen LogP contribution in [-0.2, 0) is 16.1 Å². The zero-order valence-corrected chi connectivity index (χ0v) is 16.4. The fourth-order valence-corrected chi connectivity index (χ4v) is 4.71. The van der Waals surface area contributed by atoms with E-state index in [-0.39, 0.29) is 17.6 Å². The molecule has 0 saturated carbocycles. The van der Waals surface area contributed by atoms with Gasteiger partial charge in [-0.05, 0) is 36.2 Å². The number of hydrogen-bond acceptors (Lipinski definition) is 5. The Kier molecular flexibility index (Phi) is 4.60. The minimum Gasteiger partial charge on any atom is -0.380 e. The highest BCUT2D eigenvalue weighted by molar-refractivity contribution is 7.21. The number of ether oxygens (including phenoxy) is 1. The molecule has 3 aromatic rings. The number of aromatic nitrogens is 1. The van der Waals surface area contributed by atoms with Crippen molar-refractivity contribution in [2.45, 2.75) is 26.6 Å². The van der Waals surface area contributed by atoms with Crippen molar-refractivity contribution in [2.75, 3.05) is 12.0 Å². The normalized spacial score (nSPS) is 16.2. The number of methoxy groups -OCH3 is 1. The molecule has 28 heavy (non-hydrogen) atoms. The summed E-state index contributed by atoms with van der Waals surface area (Å²) < 4.78 is 18.7. The summed E-state index contributed by atoms with van der Waals surface area (Å²) in [5, 5.41) is 3.60. The van der Waals surface area contributed by atoms with Gasteiger partial charge in [-0.3, -0.25) is 14.5 Å². The van der Waals surface area contributed by atoms with Gasteiger partial charge in [0.05, 0.1) is 12.3 Å².